The molecule has 0 spiro atoms. The van der Waals surface area contributed by atoms with Crippen LogP contribution in [0.1, 0.15) is 27.8 Å². The number of nitrogens with zero attached hydrogens (tertiary/aromatic N) is 1. The third kappa shape index (κ3) is 1.97. The Morgan fingerprint density at radius 2 is 1.61 bits per heavy atom. The van der Waals surface area contributed by atoms with Crippen molar-refractivity contribution in [2.24, 2.45) is 4.99 Å². The number of aliphatic imine (C=N–C) groups is 1. The molecule has 0 fully saturated rings. The normalized spacial score (nSPS) is 14.0. The molecule has 2 aromatic carbocycles. The van der Waals surface area contributed by atoms with E-state index in [2.05, 4.69) is 56.3 Å². The summed E-state index contributed by atoms with van der Waals surface area (Å²) in [6, 6.07) is 15.3. The third-order valence-corrected chi connectivity index (χ3v) is 3.49. The molecule has 0 N–H and O–H groups in total. The molecule has 0 amide bonds. The highest BCUT2D eigenvalue weighted by Crippen LogP contribution is 2.21. The van der Waals surface area contributed by atoms with Gasteiger partial charge < -0.3 is 0 Å². The van der Waals surface area contributed by atoms with Gasteiger partial charge in [-0.05, 0) is 25.8 Å². The molecule has 1 heteroatoms. The van der Waals surface area contributed by atoms with Gasteiger partial charge >= 0.3 is 0 Å². The first-order chi connectivity index (χ1) is 8.74. The fraction of sp³-hybridized carbons (Fsp3) is 0.235. The molecule has 0 bridgehead atoms. The summed E-state index contributed by atoms with van der Waals surface area (Å²) in [6.07, 6.45) is 1.06. The summed E-state index contributed by atoms with van der Waals surface area (Å²) in [4.78, 5) is 4.72. The van der Waals surface area contributed by atoms with Crippen LogP contribution in [0.5, 0.6) is 0 Å². The van der Waals surface area contributed by atoms with Gasteiger partial charge in [-0.3, -0.25) is 4.99 Å². The summed E-state index contributed by atoms with van der Waals surface area (Å²) in [5.74, 6) is 0. The van der Waals surface area contributed by atoms with Crippen molar-refractivity contribution in [2.45, 2.75) is 20.3 Å². The van der Waals surface area contributed by atoms with Gasteiger partial charge in [-0.2, -0.15) is 0 Å². The maximum atomic E-state index is 4.72. The fourth-order valence-electron chi connectivity index (χ4n) is 2.49. The van der Waals surface area contributed by atoms with Crippen LogP contribution in [0.4, 0.5) is 0 Å². The Balaban J connectivity index is 2.09. The molecule has 0 saturated heterocycles. The highest BCUT2D eigenvalue weighted by molar-refractivity contribution is 6.14. The summed E-state index contributed by atoms with van der Waals surface area (Å²) >= 11 is 0. The molecule has 1 nitrogen and oxygen atoms in total. The van der Waals surface area contributed by atoms with E-state index in [1.807, 2.05) is 0 Å². The van der Waals surface area contributed by atoms with Crippen LogP contribution >= 0.6 is 0 Å². The van der Waals surface area contributed by atoms with Crippen molar-refractivity contribution in [2.75, 3.05) is 6.54 Å². The predicted molar refractivity (Wildman–Crippen MR) is 76.6 cm³/mol. The average Bonchev–Trinajstić information content (AvgIpc) is 2.38. The molecule has 3 rings (SSSR count). The second-order valence-electron chi connectivity index (χ2n) is 5.01. The van der Waals surface area contributed by atoms with Gasteiger partial charge in [-0.1, -0.05) is 53.6 Å². The van der Waals surface area contributed by atoms with Gasteiger partial charge in [0.2, 0.25) is 0 Å². The Morgan fingerprint density at radius 3 is 2.39 bits per heavy atom. The standard InChI is InChI=1S/C17H17N/c1-12-3-6-14(7-4-12)17-16-8-5-13(2)11-15(16)9-10-18-17/h3-8,11H,9-10H2,1-2H3. The lowest BCUT2D eigenvalue weighted by Crippen LogP contribution is -2.14. The zero-order valence-electron chi connectivity index (χ0n) is 10.9. The second-order valence-corrected chi connectivity index (χ2v) is 5.01. The van der Waals surface area contributed by atoms with Gasteiger partial charge in [0.05, 0.1) is 5.71 Å². The Hall–Kier alpha value is -1.89. The van der Waals surface area contributed by atoms with Gasteiger partial charge in [0.25, 0.3) is 0 Å². The highest BCUT2D eigenvalue weighted by atomic mass is 14.7. The minimum Gasteiger partial charge on any atom is -0.284 e. The molecule has 0 saturated carbocycles. The van der Waals surface area contributed by atoms with Crippen LogP contribution < -0.4 is 0 Å². The molecule has 18 heavy (non-hydrogen) atoms. The fourth-order valence-corrected chi connectivity index (χ4v) is 2.49. The van der Waals surface area contributed by atoms with Crippen LogP contribution in [0.25, 0.3) is 0 Å². The zero-order chi connectivity index (χ0) is 12.5. The van der Waals surface area contributed by atoms with Crippen molar-refractivity contribution in [1.82, 2.24) is 0 Å². The number of fused-ring (bicyclic) bond motifs is 1. The molecular weight excluding hydrogens is 218 g/mol. The van der Waals surface area contributed by atoms with Crippen LogP contribution in [-0.2, 0) is 6.42 Å². The van der Waals surface area contributed by atoms with Gasteiger partial charge in [0.15, 0.2) is 0 Å². The largest absolute Gasteiger partial charge is 0.284 e. The van der Waals surface area contributed by atoms with E-state index in [-0.39, 0.29) is 0 Å². The molecule has 0 unspecified atom stereocenters. The topological polar surface area (TPSA) is 12.4 Å². The lowest BCUT2D eigenvalue weighted by molar-refractivity contribution is 0.941. The van der Waals surface area contributed by atoms with E-state index in [4.69, 9.17) is 4.99 Å². The summed E-state index contributed by atoms with van der Waals surface area (Å²) in [7, 11) is 0. The number of hydrogen-bond acceptors (Lipinski definition) is 1. The Kier molecular flexibility index (Phi) is 2.75. The first-order valence-electron chi connectivity index (χ1n) is 6.45. The van der Waals surface area contributed by atoms with Crippen LogP contribution in [0.2, 0.25) is 0 Å². The average molecular weight is 235 g/mol. The van der Waals surface area contributed by atoms with Crippen molar-refractivity contribution in [1.29, 1.82) is 0 Å². The third-order valence-electron chi connectivity index (χ3n) is 3.49. The van der Waals surface area contributed by atoms with E-state index < -0.39 is 0 Å². The van der Waals surface area contributed by atoms with Crippen LogP contribution in [-0.4, -0.2) is 12.3 Å². The molecule has 0 aromatic heterocycles. The van der Waals surface area contributed by atoms with Crippen LogP contribution in [0, 0.1) is 13.8 Å². The minimum absolute atomic E-state index is 0.902. The molecular formula is C17H17N. The Bertz CT molecular complexity index is 606. The molecule has 1 aliphatic rings. The number of hydrogen-bond donors (Lipinski definition) is 0. The summed E-state index contributed by atoms with van der Waals surface area (Å²) in [6.45, 7) is 5.17. The zero-order valence-corrected chi connectivity index (χ0v) is 10.9. The smallest absolute Gasteiger partial charge is 0.0721 e. The van der Waals surface area contributed by atoms with E-state index >= 15 is 0 Å². The summed E-state index contributed by atoms with van der Waals surface area (Å²) < 4.78 is 0. The Labute approximate surface area is 108 Å². The predicted octanol–water partition coefficient (Wildman–Crippen LogP) is 3.70. The molecule has 2 aromatic rings. The monoisotopic (exact) mass is 235 g/mol. The van der Waals surface area contributed by atoms with Crippen molar-refractivity contribution in [3.8, 4) is 0 Å². The maximum Gasteiger partial charge on any atom is 0.0721 e. The number of benzene rings is 2. The molecule has 1 heterocycles. The van der Waals surface area contributed by atoms with Crippen molar-refractivity contribution >= 4 is 5.71 Å². The summed E-state index contributed by atoms with van der Waals surface area (Å²) in [5.41, 5.74) is 7.73. The van der Waals surface area contributed by atoms with Crippen molar-refractivity contribution in [3.05, 3.63) is 70.3 Å². The first kappa shape index (κ1) is 11.2. The van der Waals surface area contributed by atoms with Crippen molar-refractivity contribution in [3.63, 3.8) is 0 Å². The molecule has 0 atom stereocenters. The second kappa shape index (κ2) is 4.41. The van der Waals surface area contributed by atoms with E-state index in [0.717, 1.165) is 18.7 Å². The SMILES string of the molecule is Cc1ccc(C2=NCCc3cc(C)ccc32)cc1. The molecule has 0 aliphatic carbocycles. The van der Waals surface area contributed by atoms with E-state index in [0.29, 0.717) is 0 Å². The van der Waals surface area contributed by atoms with E-state index in [1.165, 1.54) is 27.8 Å². The van der Waals surface area contributed by atoms with E-state index in [1.54, 1.807) is 0 Å². The van der Waals surface area contributed by atoms with Crippen molar-refractivity contribution < 1.29 is 0 Å². The van der Waals surface area contributed by atoms with Gasteiger partial charge in [0.1, 0.15) is 0 Å². The van der Waals surface area contributed by atoms with Gasteiger partial charge in [-0.25, -0.2) is 0 Å². The molecule has 0 radical (unpaired) electrons. The Morgan fingerprint density at radius 1 is 0.889 bits per heavy atom. The van der Waals surface area contributed by atoms with Crippen LogP contribution in [0.3, 0.4) is 0 Å². The minimum atomic E-state index is 0.902. The van der Waals surface area contributed by atoms with E-state index in [9.17, 15) is 0 Å². The molecule has 90 valence electrons. The quantitative estimate of drug-likeness (QED) is 0.714. The summed E-state index contributed by atoms with van der Waals surface area (Å²) in [5, 5.41) is 0. The van der Waals surface area contributed by atoms with Crippen LogP contribution in [0.15, 0.2) is 47.5 Å². The lowest BCUT2D eigenvalue weighted by Gasteiger charge is -2.17. The van der Waals surface area contributed by atoms with Gasteiger partial charge in [-0.15, -0.1) is 0 Å². The number of aryl methyl sites for hydroxylation is 2. The maximum absolute atomic E-state index is 4.72. The highest BCUT2D eigenvalue weighted by Gasteiger charge is 2.15. The number of rotatable bonds is 1. The molecule has 1 aliphatic heterocycles. The first-order valence-corrected chi connectivity index (χ1v) is 6.45. The lowest BCUT2D eigenvalue weighted by atomic mass is 9.92. The van der Waals surface area contributed by atoms with Gasteiger partial charge in [0, 0.05) is 17.7 Å².